The monoisotopic (exact) mass is 133 g/mol. The van der Waals surface area contributed by atoms with E-state index in [1.54, 1.807) is 10.7 Å². The van der Waals surface area contributed by atoms with E-state index in [4.69, 9.17) is 1.37 Å². The Morgan fingerprint density at radius 1 is 1.60 bits per heavy atom. The zero-order chi connectivity index (χ0) is 7.84. The van der Waals surface area contributed by atoms with E-state index in [2.05, 4.69) is 5.10 Å². The molecule has 50 valence electrons. The summed E-state index contributed by atoms with van der Waals surface area (Å²) in [6, 6.07) is 4.37. The highest BCUT2D eigenvalue weighted by atomic mass is 15.2. The molecule has 2 aromatic heterocycles. The lowest BCUT2D eigenvalue weighted by Crippen LogP contribution is -1.85. The average Bonchev–Trinajstić information content (AvgIpc) is 2.32. The first-order valence-corrected chi connectivity index (χ1v) is 3.18. The molecule has 0 fully saturated rings. The maximum absolute atomic E-state index is 7.43. The molecule has 10 heavy (non-hydrogen) atoms. The summed E-state index contributed by atoms with van der Waals surface area (Å²) in [7, 11) is 0. The second-order valence-electron chi connectivity index (χ2n) is 2.33. The molecule has 2 nitrogen and oxygen atoms in total. The van der Waals surface area contributed by atoms with Crippen LogP contribution in [0.25, 0.3) is 5.52 Å². The number of hydrogen-bond donors (Lipinski definition) is 0. The summed E-state index contributed by atoms with van der Waals surface area (Å²) in [5.74, 6) is 0. The predicted molar refractivity (Wildman–Crippen MR) is 39.9 cm³/mol. The van der Waals surface area contributed by atoms with Crippen LogP contribution in [0, 0.1) is 6.92 Å². The number of hydrogen-bond acceptors (Lipinski definition) is 1. The van der Waals surface area contributed by atoms with Gasteiger partial charge < -0.3 is 0 Å². The van der Waals surface area contributed by atoms with Gasteiger partial charge in [0.15, 0.2) is 0 Å². The lowest BCUT2D eigenvalue weighted by molar-refractivity contribution is 0.952. The summed E-state index contributed by atoms with van der Waals surface area (Å²) in [5, 5.41) is 4.01. The van der Waals surface area contributed by atoms with Crippen LogP contribution in [0.15, 0.2) is 30.6 Å². The molecule has 0 aliphatic heterocycles. The van der Waals surface area contributed by atoms with Gasteiger partial charge in [-0.2, -0.15) is 5.10 Å². The van der Waals surface area contributed by atoms with Gasteiger partial charge in [-0.1, -0.05) is 6.07 Å². The average molecular weight is 133 g/mol. The van der Waals surface area contributed by atoms with Gasteiger partial charge >= 0.3 is 0 Å². The molecule has 0 aliphatic carbocycles. The first kappa shape index (κ1) is 4.50. The van der Waals surface area contributed by atoms with Gasteiger partial charge in [-0.15, -0.1) is 0 Å². The molecule has 0 spiro atoms. The summed E-state index contributed by atoms with van der Waals surface area (Å²) < 4.78 is 9.15. The Morgan fingerprint density at radius 3 is 3.40 bits per heavy atom. The zero-order valence-corrected chi connectivity index (χ0v) is 5.70. The maximum atomic E-state index is 7.43. The van der Waals surface area contributed by atoms with E-state index in [1.165, 1.54) is 0 Å². The van der Waals surface area contributed by atoms with Crippen LogP contribution in [0.4, 0.5) is 0 Å². The van der Waals surface area contributed by atoms with E-state index in [0.29, 0.717) is 6.04 Å². The van der Waals surface area contributed by atoms with Crippen molar-refractivity contribution in [2.24, 2.45) is 0 Å². The van der Waals surface area contributed by atoms with Crippen molar-refractivity contribution in [1.82, 2.24) is 9.61 Å². The Bertz CT molecular complexity index is 392. The second-order valence-corrected chi connectivity index (χ2v) is 2.33. The third-order valence-electron chi connectivity index (χ3n) is 1.47. The molecule has 2 heterocycles. The normalized spacial score (nSPS) is 11.9. The standard InChI is InChI=1S/C8H8N2/c1-7-2-3-8-4-5-9-10(8)6-7/h2-6H,1H3/i4D. The Morgan fingerprint density at radius 2 is 2.50 bits per heavy atom. The van der Waals surface area contributed by atoms with Crippen molar-refractivity contribution in [2.45, 2.75) is 6.92 Å². The first-order valence-electron chi connectivity index (χ1n) is 3.68. The Hall–Kier alpha value is -1.31. The van der Waals surface area contributed by atoms with Crippen molar-refractivity contribution in [3.63, 3.8) is 0 Å². The van der Waals surface area contributed by atoms with Gasteiger partial charge in [-0.3, -0.25) is 0 Å². The highest BCUT2D eigenvalue weighted by Gasteiger charge is 1.89. The third kappa shape index (κ3) is 0.692. The van der Waals surface area contributed by atoms with Crippen LogP contribution in [-0.4, -0.2) is 9.61 Å². The maximum Gasteiger partial charge on any atom is 0.0663 e. The third-order valence-corrected chi connectivity index (χ3v) is 1.47. The van der Waals surface area contributed by atoms with Gasteiger partial charge in [-0.05, 0) is 24.6 Å². The minimum atomic E-state index is 0.477. The van der Waals surface area contributed by atoms with Crippen LogP contribution < -0.4 is 0 Å². The number of pyridine rings is 1. The summed E-state index contributed by atoms with van der Waals surface area (Å²) in [5.41, 5.74) is 2.01. The van der Waals surface area contributed by atoms with Gasteiger partial charge in [0.1, 0.15) is 0 Å². The smallest absolute Gasteiger partial charge is 0.0663 e. The van der Waals surface area contributed by atoms with Gasteiger partial charge in [0.25, 0.3) is 0 Å². The largest absolute Gasteiger partial charge is 0.241 e. The molecule has 0 atom stereocenters. The van der Waals surface area contributed by atoms with E-state index in [0.717, 1.165) is 11.1 Å². The van der Waals surface area contributed by atoms with E-state index < -0.39 is 0 Å². The molecule has 0 saturated heterocycles. The molecule has 0 saturated carbocycles. The lowest BCUT2D eigenvalue weighted by atomic mass is 10.3. The molecular weight excluding hydrogens is 124 g/mol. The molecule has 2 aromatic rings. The molecule has 0 unspecified atom stereocenters. The SMILES string of the molecule is [2H]c1cnn2cc(C)ccc12. The van der Waals surface area contributed by atoms with Crippen molar-refractivity contribution >= 4 is 5.52 Å². The molecular formula is C8H8N2. The minimum absolute atomic E-state index is 0.477. The van der Waals surface area contributed by atoms with Crippen LogP contribution in [0.5, 0.6) is 0 Å². The van der Waals surface area contributed by atoms with E-state index >= 15 is 0 Å². The van der Waals surface area contributed by atoms with E-state index in [1.807, 2.05) is 25.3 Å². The Balaban J connectivity index is 2.86. The van der Waals surface area contributed by atoms with Gasteiger partial charge in [0.2, 0.25) is 0 Å². The number of fused-ring (bicyclic) bond motifs is 1. The number of nitrogens with zero attached hydrogens (tertiary/aromatic N) is 2. The number of rotatable bonds is 0. The summed E-state index contributed by atoms with van der Waals surface area (Å²) in [6.45, 7) is 2.00. The summed E-state index contributed by atoms with van der Waals surface area (Å²) in [4.78, 5) is 0. The Labute approximate surface area is 60.5 Å². The molecule has 0 N–H and O–H groups in total. The first-order chi connectivity index (χ1) is 5.27. The predicted octanol–water partition coefficient (Wildman–Crippen LogP) is 1.64. The zero-order valence-electron chi connectivity index (χ0n) is 6.70. The highest BCUT2D eigenvalue weighted by Crippen LogP contribution is 2.02. The quantitative estimate of drug-likeness (QED) is 0.534. The molecule has 0 aliphatic rings. The van der Waals surface area contributed by atoms with E-state index in [-0.39, 0.29) is 0 Å². The van der Waals surface area contributed by atoms with Crippen molar-refractivity contribution in [2.75, 3.05) is 0 Å². The Kier molecular flexibility index (Phi) is 0.826. The van der Waals surface area contributed by atoms with Gasteiger partial charge in [0.05, 0.1) is 6.89 Å². The molecule has 0 amide bonds. The van der Waals surface area contributed by atoms with E-state index in [9.17, 15) is 0 Å². The summed E-state index contributed by atoms with van der Waals surface area (Å²) >= 11 is 0. The fourth-order valence-corrected chi connectivity index (χ4v) is 0.959. The highest BCUT2D eigenvalue weighted by molar-refractivity contribution is 5.45. The van der Waals surface area contributed by atoms with Crippen LogP contribution in [0.2, 0.25) is 0 Å². The van der Waals surface area contributed by atoms with Crippen LogP contribution in [0.3, 0.4) is 0 Å². The van der Waals surface area contributed by atoms with Crippen molar-refractivity contribution in [1.29, 1.82) is 0 Å². The number of aryl methyl sites for hydroxylation is 1. The molecule has 2 rings (SSSR count). The molecule has 0 aromatic carbocycles. The molecule has 0 radical (unpaired) electrons. The van der Waals surface area contributed by atoms with Crippen LogP contribution in [-0.2, 0) is 0 Å². The molecule has 2 heteroatoms. The van der Waals surface area contributed by atoms with Crippen LogP contribution >= 0.6 is 0 Å². The topological polar surface area (TPSA) is 17.3 Å². The van der Waals surface area contributed by atoms with Gasteiger partial charge in [0, 0.05) is 12.4 Å². The van der Waals surface area contributed by atoms with Crippen molar-refractivity contribution in [3.05, 3.63) is 36.1 Å². The minimum Gasteiger partial charge on any atom is -0.241 e. The van der Waals surface area contributed by atoms with Gasteiger partial charge in [-0.25, -0.2) is 4.52 Å². The van der Waals surface area contributed by atoms with Crippen LogP contribution in [0.1, 0.15) is 6.93 Å². The lowest BCUT2D eigenvalue weighted by Gasteiger charge is -1.92. The fraction of sp³-hybridized carbons (Fsp3) is 0.125. The summed E-state index contributed by atoms with van der Waals surface area (Å²) in [6.07, 6.45) is 3.46. The second kappa shape index (κ2) is 1.84. The van der Waals surface area contributed by atoms with Crippen molar-refractivity contribution in [3.8, 4) is 0 Å². The fourth-order valence-electron chi connectivity index (χ4n) is 0.959. The molecule has 0 bridgehead atoms. The number of aromatic nitrogens is 2. The van der Waals surface area contributed by atoms with Crippen molar-refractivity contribution < 1.29 is 1.37 Å².